The van der Waals surface area contributed by atoms with Gasteiger partial charge in [-0.05, 0) is 50.7 Å². The summed E-state index contributed by atoms with van der Waals surface area (Å²) in [5, 5.41) is 2.33. The van der Waals surface area contributed by atoms with Crippen molar-refractivity contribution < 1.29 is 22.8 Å². The van der Waals surface area contributed by atoms with Gasteiger partial charge in [0.2, 0.25) is 11.8 Å². The number of benzene rings is 1. The van der Waals surface area contributed by atoms with E-state index >= 15 is 0 Å². The first kappa shape index (κ1) is 17.8. The summed E-state index contributed by atoms with van der Waals surface area (Å²) in [5.41, 5.74) is -0.362. The molecule has 25 heavy (non-hydrogen) atoms. The van der Waals surface area contributed by atoms with Crippen molar-refractivity contribution in [2.75, 3.05) is 18.4 Å². The quantitative estimate of drug-likeness (QED) is 0.845. The molecule has 2 fully saturated rings. The van der Waals surface area contributed by atoms with Crippen molar-refractivity contribution in [3.63, 3.8) is 0 Å². The highest BCUT2D eigenvalue weighted by Crippen LogP contribution is 2.32. The molecule has 0 atom stereocenters. The maximum absolute atomic E-state index is 13.7. The largest absolute Gasteiger partial charge is 0.342 e. The summed E-state index contributed by atoms with van der Waals surface area (Å²) in [4.78, 5) is 26.5. The summed E-state index contributed by atoms with van der Waals surface area (Å²) in [6, 6.07) is 1.79. The van der Waals surface area contributed by atoms with Gasteiger partial charge < -0.3 is 10.2 Å². The van der Waals surface area contributed by atoms with Crippen LogP contribution in [0.5, 0.6) is 0 Å². The molecule has 1 saturated heterocycles. The van der Waals surface area contributed by atoms with Crippen LogP contribution in [-0.4, -0.2) is 29.8 Å². The van der Waals surface area contributed by atoms with Crippen molar-refractivity contribution in [1.29, 1.82) is 0 Å². The van der Waals surface area contributed by atoms with Gasteiger partial charge in [0.25, 0.3) is 0 Å². The van der Waals surface area contributed by atoms with Crippen molar-refractivity contribution in [2.45, 2.75) is 38.5 Å². The minimum atomic E-state index is -1.60. The van der Waals surface area contributed by atoms with Crippen LogP contribution in [0.25, 0.3) is 0 Å². The van der Waals surface area contributed by atoms with Gasteiger partial charge in [0, 0.05) is 24.9 Å². The van der Waals surface area contributed by atoms with E-state index in [0.29, 0.717) is 25.7 Å². The Bertz CT molecular complexity index is 667. The Balaban J connectivity index is 1.55. The molecule has 1 saturated carbocycles. The number of halogens is 3. The monoisotopic (exact) mass is 354 g/mol. The fourth-order valence-electron chi connectivity index (χ4n) is 3.66. The van der Waals surface area contributed by atoms with Crippen molar-refractivity contribution in [3.05, 3.63) is 29.6 Å². The van der Waals surface area contributed by atoms with Crippen LogP contribution in [0.4, 0.5) is 18.9 Å². The summed E-state index contributed by atoms with van der Waals surface area (Å²) in [5.74, 6) is -4.95. The van der Waals surface area contributed by atoms with Crippen LogP contribution in [-0.2, 0) is 9.59 Å². The number of amides is 2. The number of carbonyl (C=O) groups is 2. The van der Waals surface area contributed by atoms with Crippen LogP contribution in [0.1, 0.15) is 38.5 Å². The average Bonchev–Trinajstić information content (AvgIpc) is 3.16. The van der Waals surface area contributed by atoms with Crippen LogP contribution < -0.4 is 5.32 Å². The van der Waals surface area contributed by atoms with E-state index in [4.69, 9.17) is 0 Å². The van der Waals surface area contributed by atoms with Gasteiger partial charge in [-0.15, -0.1) is 0 Å². The molecular weight excluding hydrogens is 333 g/mol. The number of carbonyl (C=O) groups excluding carboxylic acids is 2. The first-order valence-electron chi connectivity index (χ1n) is 8.70. The van der Waals surface area contributed by atoms with Gasteiger partial charge in [0.15, 0.2) is 17.5 Å². The normalized spacial score (nSPS) is 23.6. The second-order valence-electron chi connectivity index (χ2n) is 6.79. The second kappa shape index (κ2) is 7.45. The maximum Gasteiger partial charge on any atom is 0.227 e. The van der Waals surface area contributed by atoms with Crippen molar-refractivity contribution in [3.8, 4) is 0 Å². The highest BCUT2D eigenvalue weighted by molar-refractivity contribution is 5.93. The molecule has 1 N–H and O–H groups in total. The van der Waals surface area contributed by atoms with E-state index in [1.165, 1.54) is 0 Å². The summed E-state index contributed by atoms with van der Waals surface area (Å²) in [6.07, 6.45) is 4.39. The van der Waals surface area contributed by atoms with Gasteiger partial charge in [0.1, 0.15) is 0 Å². The smallest absolute Gasteiger partial charge is 0.227 e. The van der Waals surface area contributed by atoms with Gasteiger partial charge >= 0.3 is 0 Å². The molecule has 0 spiro atoms. The zero-order chi connectivity index (χ0) is 18.0. The lowest BCUT2D eigenvalue weighted by Crippen LogP contribution is -2.37. The van der Waals surface area contributed by atoms with E-state index in [1.54, 1.807) is 0 Å². The lowest BCUT2D eigenvalue weighted by molar-refractivity contribution is -0.136. The Morgan fingerprint density at radius 3 is 2.16 bits per heavy atom. The minimum Gasteiger partial charge on any atom is -0.342 e. The van der Waals surface area contributed by atoms with E-state index in [-0.39, 0.29) is 23.4 Å². The predicted molar refractivity (Wildman–Crippen MR) is 86.2 cm³/mol. The molecule has 4 nitrogen and oxygen atoms in total. The van der Waals surface area contributed by atoms with Gasteiger partial charge in [-0.1, -0.05) is 0 Å². The Morgan fingerprint density at radius 2 is 1.52 bits per heavy atom. The molecule has 0 bridgehead atoms. The second-order valence-corrected chi connectivity index (χ2v) is 6.79. The Morgan fingerprint density at radius 1 is 0.920 bits per heavy atom. The molecule has 7 heteroatoms. The number of nitrogens with one attached hydrogen (secondary N) is 1. The van der Waals surface area contributed by atoms with Gasteiger partial charge in [-0.2, -0.15) is 0 Å². The third-order valence-electron chi connectivity index (χ3n) is 5.16. The van der Waals surface area contributed by atoms with E-state index in [2.05, 4.69) is 5.32 Å². The molecule has 2 amide bonds. The predicted octanol–water partition coefficient (Wildman–Crippen LogP) is 3.47. The molecule has 0 radical (unpaired) electrons. The summed E-state index contributed by atoms with van der Waals surface area (Å²) >= 11 is 0. The molecule has 1 aromatic rings. The fraction of sp³-hybridized carbons (Fsp3) is 0.556. The van der Waals surface area contributed by atoms with Crippen molar-refractivity contribution in [1.82, 2.24) is 4.90 Å². The molecule has 1 aliphatic carbocycles. The van der Waals surface area contributed by atoms with Crippen LogP contribution in [0, 0.1) is 29.3 Å². The summed E-state index contributed by atoms with van der Waals surface area (Å²) in [6.45, 7) is 1.63. The van der Waals surface area contributed by atoms with Crippen molar-refractivity contribution in [2.24, 2.45) is 11.8 Å². The molecule has 0 unspecified atom stereocenters. The topological polar surface area (TPSA) is 49.4 Å². The lowest BCUT2D eigenvalue weighted by atomic mass is 9.81. The van der Waals surface area contributed by atoms with E-state index in [9.17, 15) is 22.8 Å². The third-order valence-corrected chi connectivity index (χ3v) is 5.16. The number of rotatable bonds is 3. The molecule has 1 heterocycles. The first-order chi connectivity index (χ1) is 12.0. The van der Waals surface area contributed by atoms with Crippen LogP contribution >= 0.6 is 0 Å². The minimum absolute atomic E-state index is 0.0536. The van der Waals surface area contributed by atoms with E-state index in [0.717, 1.165) is 38.1 Å². The zero-order valence-electron chi connectivity index (χ0n) is 13.9. The number of anilines is 1. The van der Waals surface area contributed by atoms with E-state index in [1.807, 2.05) is 4.90 Å². The van der Waals surface area contributed by atoms with E-state index < -0.39 is 23.4 Å². The van der Waals surface area contributed by atoms with Gasteiger partial charge in [0.05, 0.1) is 5.69 Å². The molecule has 0 aromatic heterocycles. The van der Waals surface area contributed by atoms with Crippen LogP contribution in [0.15, 0.2) is 12.1 Å². The van der Waals surface area contributed by atoms with Gasteiger partial charge in [-0.3, -0.25) is 9.59 Å². The highest BCUT2D eigenvalue weighted by Gasteiger charge is 2.33. The van der Waals surface area contributed by atoms with Crippen LogP contribution in [0.2, 0.25) is 0 Å². The Hall–Kier alpha value is -2.05. The SMILES string of the molecule is O=C(Nc1ccc(F)c(F)c1F)C1CCC(C(=O)N2CCCC2)CC1. The molecule has 136 valence electrons. The molecular formula is C18H21F3N2O2. The van der Waals surface area contributed by atoms with Gasteiger partial charge in [-0.25, -0.2) is 13.2 Å². The molecule has 1 aliphatic heterocycles. The fourth-order valence-corrected chi connectivity index (χ4v) is 3.66. The number of hydrogen-bond acceptors (Lipinski definition) is 2. The average molecular weight is 354 g/mol. The Kier molecular flexibility index (Phi) is 5.30. The molecule has 1 aromatic carbocycles. The lowest BCUT2D eigenvalue weighted by Gasteiger charge is -2.29. The third kappa shape index (κ3) is 3.80. The molecule has 2 aliphatic rings. The number of nitrogens with zero attached hydrogens (tertiary/aromatic N) is 1. The summed E-state index contributed by atoms with van der Waals surface area (Å²) in [7, 11) is 0. The van der Waals surface area contributed by atoms with Crippen molar-refractivity contribution >= 4 is 17.5 Å². The molecule has 3 rings (SSSR count). The first-order valence-corrected chi connectivity index (χ1v) is 8.70. The highest BCUT2D eigenvalue weighted by atomic mass is 19.2. The number of hydrogen-bond donors (Lipinski definition) is 1. The number of likely N-dealkylation sites (tertiary alicyclic amines) is 1. The zero-order valence-corrected chi connectivity index (χ0v) is 13.9. The Labute approximate surface area is 144 Å². The maximum atomic E-state index is 13.7. The standard InChI is InChI=1S/C18H21F3N2O2/c19-13-7-8-14(16(21)15(13)20)22-17(24)11-3-5-12(6-4-11)18(25)23-9-1-2-10-23/h7-8,11-12H,1-6,9-10H2,(H,22,24). The summed E-state index contributed by atoms with van der Waals surface area (Å²) < 4.78 is 39.8. The van der Waals surface area contributed by atoms with Crippen LogP contribution in [0.3, 0.4) is 0 Å².